The predicted octanol–water partition coefficient (Wildman–Crippen LogP) is 5.87. The maximum Gasteiger partial charge on any atom is 0.275 e. The van der Waals surface area contributed by atoms with Gasteiger partial charge in [-0.1, -0.05) is 19.9 Å². The van der Waals surface area contributed by atoms with Crippen molar-refractivity contribution < 1.29 is 14.3 Å². The summed E-state index contributed by atoms with van der Waals surface area (Å²) in [6.07, 6.45) is 1.32. The van der Waals surface area contributed by atoms with E-state index in [0.29, 0.717) is 23.8 Å². The second-order valence-electron chi connectivity index (χ2n) is 8.52. The Labute approximate surface area is 235 Å². The molecular formula is C27H28ClN5O3S2. The summed E-state index contributed by atoms with van der Waals surface area (Å²) >= 11 is 3.06. The van der Waals surface area contributed by atoms with E-state index in [-0.39, 0.29) is 18.3 Å². The molecule has 38 heavy (non-hydrogen) atoms. The van der Waals surface area contributed by atoms with E-state index in [1.165, 1.54) is 28.7 Å². The molecule has 3 aromatic heterocycles. The molecule has 0 bridgehead atoms. The second kappa shape index (κ2) is 12.0. The number of fused-ring (bicyclic) bond motifs is 1. The topological polar surface area (TPSA) is 87.7 Å². The number of aromatic nitrogens is 2. The summed E-state index contributed by atoms with van der Waals surface area (Å²) in [7, 11) is 0. The molecule has 198 valence electrons. The number of hydrogen-bond donors (Lipinski definition) is 1. The van der Waals surface area contributed by atoms with Crippen molar-refractivity contribution >= 4 is 62.9 Å². The first-order chi connectivity index (χ1) is 18.0. The van der Waals surface area contributed by atoms with E-state index in [0.717, 1.165) is 55.9 Å². The summed E-state index contributed by atoms with van der Waals surface area (Å²) in [6, 6.07) is 13.9. The van der Waals surface area contributed by atoms with Crippen LogP contribution in [-0.4, -0.2) is 57.9 Å². The van der Waals surface area contributed by atoms with Crippen LogP contribution in [0, 0.1) is 0 Å². The number of amides is 2. The number of benzene rings is 1. The highest BCUT2D eigenvalue weighted by Crippen LogP contribution is 2.38. The van der Waals surface area contributed by atoms with Gasteiger partial charge < -0.3 is 9.64 Å². The van der Waals surface area contributed by atoms with Gasteiger partial charge in [0.15, 0.2) is 11.6 Å². The minimum absolute atomic E-state index is 0. The van der Waals surface area contributed by atoms with Crippen LogP contribution in [0.4, 0.5) is 5.82 Å². The van der Waals surface area contributed by atoms with E-state index in [9.17, 15) is 9.59 Å². The van der Waals surface area contributed by atoms with E-state index < -0.39 is 5.91 Å². The minimum atomic E-state index is -0.418. The van der Waals surface area contributed by atoms with Crippen molar-refractivity contribution in [1.29, 1.82) is 0 Å². The van der Waals surface area contributed by atoms with Gasteiger partial charge in [0.2, 0.25) is 0 Å². The van der Waals surface area contributed by atoms with Gasteiger partial charge in [0.25, 0.3) is 11.8 Å². The molecule has 0 unspecified atom stereocenters. The SMILES string of the molecule is CCN(CC)CCOc1ccc(-c2cc3c(NN4C(=O)C=C(C)C4=O)nc(-c4cccs4)nc3s2)cc1.Cl. The van der Waals surface area contributed by atoms with Crippen molar-refractivity contribution in [1.82, 2.24) is 19.9 Å². The van der Waals surface area contributed by atoms with Crippen LogP contribution in [0.3, 0.4) is 0 Å². The molecule has 5 rings (SSSR count). The largest absolute Gasteiger partial charge is 0.492 e. The Bertz CT molecular complexity index is 1460. The van der Waals surface area contributed by atoms with Gasteiger partial charge in [-0.2, -0.15) is 5.01 Å². The Morgan fingerprint density at radius 3 is 2.45 bits per heavy atom. The molecule has 0 atom stereocenters. The van der Waals surface area contributed by atoms with Crippen molar-refractivity contribution in [3.05, 3.63) is 59.5 Å². The second-order valence-corrected chi connectivity index (χ2v) is 10.5. The third-order valence-corrected chi connectivity index (χ3v) is 8.11. The number of ether oxygens (including phenoxy) is 1. The van der Waals surface area contributed by atoms with Gasteiger partial charge in [-0.05, 0) is 67.4 Å². The number of thiophene rings is 2. The third-order valence-electron chi connectivity index (χ3n) is 6.16. The zero-order valence-corrected chi connectivity index (χ0v) is 23.7. The summed E-state index contributed by atoms with van der Waals surface area (Å²) in [4.78, 5) is 39.3. The van der Waals surface area contributed by atoms with Crippen molar-refractivity contribution in [3.8, 4) is 26.9 Å². The number of carbonyl (C=O) groups is 2. The summed E-state index contributed by atoms with van der Waals surface area (Å²) in [5.41, 5.74) is 4.35. The monoisotopic (exact) mass is 569 g/mol. The van der Waals surface area contributed by atoms with Crippen LogP contribution in [0.2, 0.25) is 0 Å². The molecule has 1 aliphatic rings. The molecule has 2 amide bonds. The molecule has 4 heterocycles. The standard InChI is InChI=1S/C27H27N5O3S2.ClH/c1-4-31(5-2)12-13-35-19-10-8-18(9-11-19)22-16-20-24(30-32-23(33)15-17(3)27(32)34)28-25(29-26(20)37-22)21-7-6-14-36-21;/h6-11,14-16H,4-5,12-13H2,1-3H3,(H,28,29,30);1H. The molecule has 0 aliphatic carbocycles. The fourth-order valence-electron chi connectivity index (χ4n) is 4.01. The van der Waals surface area contributed by atoms with Crippen LogP contribution in [0.25, 0.3) is 31.4 Å². The van der Waals surface area contributed by atoms with Crippen LogP contribution in [-0.2, 0) is 9.59 Å². The fourth-order valence-corrected chi connectivity index (χ4v) is 5.71. The van der Waals surface area contributed by atoms with Gasteiger partial charge in [0, 0.05) is 23.1 Å². The number of imide groups is 1. The van der Waals surface area contributed by atoms with Gasteiger partial charge >= 0.3 is 0 Å². The molecule has 1 aromatic carbocycles. The Kier molecular flexibility index (Phi) is 8.78. The van der Waals surface area contributed by atoms with Gasteiger partial charge in [-0.15, -0.1) is 35.1 Å². The van der Waals surface area contributed by atoms with Crippen molar-refractivity contribution in [2.24, 2.45) is 0 Å². The molecule has 1 N–H and O–H groups in total. The molecule has 0 saturated heterocycles. The lowest BCUT2D eigenvalue weighted by atomic mass is 10.1. The summed E-state index contributed by atoms with van der Waals surface area (Å²) in [5, 5.41) is 3.70. The maximum atomic E-state index is 12.5. The number of likely N-dealkylation sites (N-methyl/N-ethyl adjacent to an activating group) is 1. The van der Waals surface area contributed by atoms with Crippen LogP contribution in [0.1, 0.15) is 20.8 Å². The normalized spacial score (nSPS) is 13.3. The highest BCUT2D eigenvalue weighted by atomic mass is 35.5. The van der Waals surface area contributed by atoms with Crippen molar-refractivity contribution in [2.75, 3.05) is 31.7 Å². The molecule has 1 aliphatic heterocycles. The Balaban J connectivity index is 0.00000336. The molecule has 4 aromatic rings. The first-order valence-corrected chi connectivity index (χ1v) is 13.8. The molecular weight excluding hydrogens is 542 g/mol. The fraction of sp³-hybridized carbons (Fsp3) is 0.259. The lowest BCUT2D eigenvalue weighted by Gasteiger charge is -2.18. The molecule has 0 saturated carbocycles. The quantitative estimate of drug-likeness (QED) is 0.239. The first kappa shape index (κ1) is 27.7. The number of nitrogens with one attached hydrogen (secondary N) is 1. The number of nitrogens with zero attached hydrogens (tertiary/aromatic N) is 4. The van der Waals surface area contributed by atoms with E-state index in [4.69, 9.17) is 9.72 Å². The van der Waals surface area contributed by atoms with E-state index in [2.05, 4.69) is 29.2 Å². The van der Waals surface area contributed by atoms with Crippen molar-refractivity contribution in [2.45, 2.75) is 20.8 Å². The zero-order chi connectivity index (χ0) is 25.9. The van der Waals surface area contributed by atoms with Gasteiger partial charge in [0.05, 0.1) is 10.3 Å². The highest BCUT2D eigenvalue weighted by Gasteiger charge is 2.30. The van der Waals surface area contributed by atoms with Gasteiger partial charge in [-0.3, -0.25) is 15.0 Å². The highest BCUT2D eigenvalue weighted by molar-refractivity contribution is 7.22. The summed E-state index contributed by atoms with van der Waals surface area (Å²) in [6.45, 7) is 9.47. The summed E-state index contributed by atoms with van der Waals surface area (Å²) < 4.78 is 5.93. The van der Waals surface area contributed by atoms with Gasteiger partial charge in [0.1, 0.15) is 17.2 Å². The van der Waals surface area contributed by atoms with Crippen LogP contribution in [0.15, 0.2) is 59.5 Å². The Morgan fingerprint density at radius 1 is 1.05 bits per heavy atom. The van der Waals surface area contributed by atoms with E-state index >= 15 is 0 Å². The number of carbonyl (C=O) groups excluding carboxylic acids is 2. The first-order valence-electron chi connectivity index (χ1n) is 12.1. The lowest BCUT2D eigenvalue weighted by molar-refractivity contribution is -0.135. The maximum absolute atomic E-state index is 12.5. The minimum Gasteiger partial charge on any atom is -0.492 e. The van der Waals surface area contributed by atoms with E-state index in [1.807, 2.05) is 47.8 Å². The van der Waals surface area contributed by atoms with Crippen LogP contribution < -0.4 is 10.2 Å². The van der Waals surface area contributed by atoms with Crippen LogP contribution >= 0.6 is 35.1 Å². The van der Waals surface area contributed by atoms with E-state index in [1.54, 1.807) is 6.92 Å². The number of hydrogen-bond acceptors (Lipinski definition) is 9. The number of halogens is 1. The van der Waals surface area contributed by atoms with Crippen molar-refractivity contribution in [3.63, 3.8) is 0 Å². The number of rotatable bonds is 10. The Morgan fingerprint density at radius 2 is 1.82 bits per heavy atom. The molecule has 0 spiro atoms. The molecule has 11 heteroatoms. The smallest absolute Gasteiger partial charge is 0.275 e. The third kappa shape index (κ3) is 5.73. The average Bonchev–Trinajstić information content (AvgIpc) is 3.64. The number of anilines is 1. The lowest BCUT2D eigenvalue weighted by Crippen LogP contribution is -2.36. The molecule has 8 nitrogen and oxygen atoms in total. The zero-order valence-electron chi connectivity index (χ0n) is 21.3. The predicted molar refractivity (Wildman–Crippen MR) is 156 cm³/mol. The molecule has 0 radical (unpaired) electrons. The summed E-state index contributed by atoms with van der Waals surface area (Å²) in [5.74, 6) is 0.977. The molecule has 0 fully saturated rings. The van der Waals surface area contributed by atoms with Gasteiger partial charge in [-0.25, -0.2) is 9.97 Å². The number of hydrazine groups is 1. The van der Waals surface area contributed by atoms with Crippen LogP contribution in [0.5, 0.6) is 5.75 Å². The Hall–Kier alpha value is -3.31. The average molecular weight is 570 g/mol.